The fourth-order valence-corrected chi connectivity index (χ4v) is 2.09. The van der Waals surface area contributed by atoms with Gasteiger partial charge in [0.15, 0.2) is 0 Å². The maximum atomic E-state index is 11.7. The summed E-state index contributed by atoms with van der Waals surface area (Å²) in [5, 5.41) is 5.28. The standard InChI is InChI=1S/C12H19N3O2/c1-4-6-14-10(16)8-15-7-5-12(2,9-15)11(17)13-3/h1H,5-9H2,2-3H3,(H,13,17)(H,14,16). The van der Waals surface area contributed by atoms with Crippen molar-refractivity contribution in [2.75, 3.05) is 33.2 Å². The lowest BCUT2D eigenvalue weighted by molar-refractivity contribution is -0.129. The Morgan fingerprint density at radius 1 is 1.53 bits per heavy atom. The molecule has 17 heavy (non-hydrogen) atoms. The molecular formula is C12H19N3O2. The van der Waals surface area contributed by atoms with Crippen LogP contribution >= 0.6 is 0 Å². The van der Waals surface area contributed by atoms with Crippen molar-refractivity contribution >= 4 is 11.8 Å². The lowest BCUT2D eigenvalue weighted by Gasteiger charge is -2.22. The lowest BCUT2D eigenvalue weighted by atomic mass is 9.89. The molecule has 5 heteroatoms. The monoisotopic (exact) mass is 237 g/mol. The molecule has 2 N–H and O–H groups in total. The molecule has 0 saturated carbocycles. The predicted molar refractivity (Wildman–Crippen MR) is 65.1 cm³/mol. The van der Waals surface area contributed by atoms with Crippen LogP contribution in [0, 0.1) is 17.8 Å². The quantitative estimate of drug-likeness (QED) is 0.629. The summed E-state index contributed by atoms with van der Waals surface area (Å²) in [6.45, 7) is 3.84. The van der Waals surface area contributed by atoms with Crippen LogP contribution in [0.3, 0.4) is 0 Å². The van der Waals surface area contributed by atoms with Crippen LogP contribution in [0.5, 0.6) is 0 Å². The lowest BCUT2D eigenvalue weighted by Crippen LogP contribution is -2.41. The first-order valence-electron chi connectivity index (χ1n) is 5.66. The van der Waals surface area contributed by atoms with E-state index in [-0.39, 0.29) is 23.8 Å². The molecule has 0 aromatic carbocycles. The number of likely N-dealkylation sites (tertiary alicyclic amines) is 1. The number of amides is 2. The number of carbonyl (C=O) groups excluding carboxylic acids is 2. The Bertz CT molecular complexity index is 348. The number of carbonyl (C=O) groups is 2. The Kier molecular flexibility index (Phi) is 4.53. The van der Waals surface area contributed by atoms with E-state index >= 15 is 0 Å². The SMILES string of the molecule is C#CCNC(=O)CN1CCC(C)(C(=O)NC)C1. The topological polar surface area (TPSA) is 61.4 Å². The van der Waals surface area contributed by atoms with Crippen LogP contribution in [0.2, 0.25) is 0 Å². The normalized spacial score (nSPS) is 24.1. The number of rotatable bonds is 4. The highest BCUT2D eigenvalue weighted by Gasteiger charge is 2.39. The summed E-state index contributed by atoms with van der Waals surface area (Å²) in [5.74, 6) is 2.29. The summed E-state index contributed by atoms with van der Waals surface area (Å²) in [6.07, 6.45) is 5.83. The molecule has 0 radical (unpaired) electrons. The van der Waals surface area contributed by atoms with Gasteiger partial charge in [-0.2, -0.15) is 0 Å². The van der Waals surface area contributed by atoms with Crippen molar-refractivity contribution in [2.24, 2.45) is 5.41 Å². The average molecular weight is 237 g/mol. The van der Waals surface area contributed by atoms with Crippen molar-refractivity contribution in [1.82, 2.24) is 15.5 Å². The number of terminal acetylenes is 1. The molecule has 0 aliphatic carbocycles. The molecule has 1 aliphatic heterocycles. The third kappa shape index (κ3) is 3.46. The fraction of sp³-hybridized carbons (Fsp3) is 0.667. The van der Waals surface area contributed by atoms with Crippen LogP contribution in [0.15, 0.2) is 0 Å². The Balaban J connectivity index is 2.43. The van der Waals surface area contributed by atoms with E-state index < -0.39 is 0 Å². The molecule has 0 aromatic rings. The highest BCUT2D eigenvalue weighted by Crippen LogP contribution is 2.29. The van der Waals surface area contributed by atoms with Crippen LogP contribution in [0.25, 0.3) is 0 Å². The number of hydrogen-bond acceptors (Lipinski definition) is 3. The van der Waals surface area contributed by atoms with Gasteiger partial charge in [-0.3, -0.25) is 14.5 Å². The van der Waals surface area contributed by atoms with Crippen molar-refractivity contribution in [2.45, 2.75) is 13.3 Å². The van der Waals surface area contributed by atoms with Gasteiger partial charge in [0.2, 0.25) is 11.8 Å². The molecule has 0 spiro atoms. The van der Waals surface area contributed by atoms with Gasteiger partial charge < -0.3 is 10.6 Å². The minimum atomic E-state index is -0.388. The van der Waals surface area contributed by atoms with E-state index in [1.165, 1.54) is 0 Å². The maximum absolute atomic E-state index is 11.7. The van der Waals surface area contributed by atoms with Gasteiger partial charge in [-0.15, -0.1) is 6.42 Å². The van der Waals surface area contributed by atoms with Crippen LogP contribution in [-0.4, -0.2) is 49.9 Å². The first-order chi connectivity index (χ1) is 8.01. The van der Waals surface area contributed by atoms with Gasteiger partial charge in [-0.25, -0.2) is 0 Å². The molecule has 5 nitrogen and oxygen atoms in total. The van der Waals surface area contributed by atoms with Gasteiger partial charge in [-0.05, 0) is 19.9 Å². The van der Waals surface area contributed by atoms with Gasteiger partial charge in [-0.1, -0.05) is 5.92 Å². The molecule has 1 atom stereocenters. The van der Waals surface area contributed by atoms with E-state index in [0.717, 1.165) is 13.0 Å². The first-order valence-corrected chi connectivity index (χ1v) is 5.66. The largest absolute Gasteiger partial charge is 0.359 e. The second-order valence-electron chi connectivity index (χ2n) is 4.58. The molecule has 0 aromatic heterocycles. The summed E-state index contributed by atoms with van der Waals surface area (Å²) in [7, 11) is 1.63. The van der Waals surface area contributed by atoms with Crippen molar-refractivity contribution in [1.29, 1.82) is 0 Å². The van der Waals surface area contributed by atoms with Crippen molar-refractivity contribution in [3.8, 4) is 12.3 Å². The van der Waals surface area contributed by atoms with E-state index in [4.69, 9.17) is 6.42 Å². The summed E-state index contributed by atoms with van der Waals surface area (Å²) in [5.41, 5.74) is -0.388. The van der Waals surface area contributed by atoms with Crippen molar-refractivity contribution in [3.63, 3.8) is 0 Å². The average Bonchev–Trinajstić information content (AvgIpc) is 2.68. The Hall–Kier alpha value is -1.54. The zero-order valence-corrected chi connectivity index (χ0v) is 10.4. The summed E-state index contributed by atoms with van der Waals surface area (Å²) in [6, 6.07) is 0. The van der Waals surface area contributed by atoms with E-state index in [2.05, 4.69) is 16.6 Å². The second-order valence-corrected chi connectivity index (χ2v) is 4.58. The van der Waals surface area contributed by atoms with Crippen molar-refractivity contribution < 1.29 is 9.59 Å². The Morgan fingerprint density at radius 2 is 2.24 bits per heavy atom. The Morgan fingerprint density at radius 3 is 2.82 bits per heavy atom. The van der Waals surface area contributed by atoms with Gasteiger partial charge in [0.25, 0.3) is 0 Å². The third-order valence-corrected chi connectivity index (χ3v) is 3.08. The molecule has 0 bridgehead atoms. The van der Waals surface area contributed by atoms with Crippen LogP contribution in [-0.2, 0) is 9.59 Å². The molecule has 1 heterocycles. The molecule has 1 rings (SSSR count). The minimum absolute atomic E-state index is 0.0315. The van der Waals surface area contributed by atoms with Gasteiger partial charge >= 0.3 is 0 Å². The smallest absolute Gasteiger partial charge is 0.234 e. The molecule has 1 unspecified atom stereocenters. The zero-order chi connectivity index (χ0) is 12.9. The summed E-state index contributed by atoms with van der Waals surface area (Å²) in [4.78, 5) is 25.1. The molecule has 1 aliphatic rings. The Labute approximate surface area is 102 Å². The van der Waals surface area contributed by atoms with Crippen molar-refractivity contribution in [3.05, 3.63) is 0 Å². The molecule has 1 saturated heterocycles. The first kappa shape index (κ1) is 13.5. The molecule has 1 fully saturated rings. The van der Waals surface area contributed by atoms with Gasteiger partial charge in [0, 0.05) is 13.6 Å². The summed E-state index contributed by atoms with van der Waals surface area (Å²) < 4.78 is 0. The number of hydrogen-bond donors (Lipinski definition) is 2. The van der Waals surface area contributed by atoms with Gasteiger partial charge in [0.05, 0.1) is 18.5 Å². The van der Waals surface area contributed by atoms with E-state index in [1.807, 2.05) is 11.8 Å². The second kappa shape index (κ2) is 5.69. The predicted octanol–water partition coefficient (Wildman–Crippen LogP) is -0.806. The summed E-state index contributed by atoms with van der Waals surface area (Å²) >= 11 is 0. The zero-order valence-electron chi connectivity index (χ0n) is 10.4. The van der Waals surface area contributed by atoms with Crippen LogP contribution in [0.1, 0.15) is 13.3 Å². The molecule has 2 amide bonds. The highest BCUT2D eigenvalue weighted by atomic mass is 16.2. The minimum Gasteiger partial charge on any atom is -0.359 e. The number of nitrogens with one attached hydrogen (secondary N) is 2. The number of nitrogens with zero attached hydrogens (tertiary/aromatic N) is 1. The fourth-order valence-electron chi connectivity index (χ4n) is 2.09. The van der Waals surface area contributed by atoms with Crippen LogP contribution < -0.4 is 10.6 Å². The molecule has 94 valence electrons. The van der Waals surface area contributed by atoms with E-state index in [0.29, 0.717) is 13.1 Å². The van der Waals surface area contributed by atoms with E-state index in [1.54, 1.807) is 7.05 Å². The van der Waals surface area contributed by atoms with Crippen LogP contribution in [0.4, 0.5) is 0 Å². The van der Waals surface area contributed by atoms with Gasteiger partial charge in [0.1, 0.15) is 0 Å². The highest BCUT2D eigenvalue weighted by molar-refractivity contribution is 5.83. The van der Waals surface area contributed by atoms with E-state index in [9.17, 15) is 9.59 Å². The molecular weight excluding hydrogens is 218 g/mol. The maximum Gasteiger partial charge on any atom is 0.234 e. The third-order valence-electron chi connectivity index (χ3n) is 3.08.